The van der Waals surface area contributed by atoms with Crippen LogP contribution in [0.2, 0.25) is 0 Å². The van der Waals surface area contributed by atoms with E-state index in [4.69, 9.17) is 5.11 Å². The molecule has 0 bridgehead atoms. The number of aromatic amines is 1. The number of carbonyl (C=O) groups excluding carboxylic acids is 2. The number of carboxylic acids is 1. The van der Waals surface area contributed by atoms with Crippen LogP contribution in [0.4, 0.5) is 4.39 Å². The first-order valence-electron chi connectivity index (χ1n) is 12.0. The number of nitrogens with zero attached hydrogens (tertiary/aromatic N) is 2. The van der Waals surface area contributed by atoms with Gasteiger partial charge in [-0.1, -0.05) is 19.1 Å². The fourth-order valence-electron chi connectivity index (χ4n) is 4.78. The smallest absolute Gasteiger partial charge is 0.335 e. The number of hydrogen-bond donors (Lipinski definition) is 2. The maximum absolute atomic E-state index is 13.6. The van der Waals surface area contributed by atoms with Gasteiger partial charge in [-0.05, 0) is 55.5 Å². The molecule has 9 heteroatoms. The van der Waals surface area contributed by atoms with Gasteiger partial charge in [-0.2, -0.15) is 0 Å². The van der Waals surface area contributed by atoms with Crippen molar-refractivity contribution in [1.29, 1.82) is 0 Å². The van der Waals surface area contributed by atoms with E-state index in [1.807, 2.05) is 6.92 Å². The number of piperidine rings is 1. The summed E-state index contributed by atoms with van der Waals surface area (Å²) in [4.78, 5) is 58.2. The molecule has 0 saturated carbocycles. The molecule has 1 amide bonds. The van der Waals surface area contributed by atoms with Gasteiger partial charge in [0, 0.05) is 37.4 Å². The number of aryl methyl sites for hydroxylation is 1. The molecule has 3 aromatic rings. The van der Waals surface area contributed by atoms with E-state index in [9.17, 15) is 23.6 Å². The monoisotopic (exact) mass is 493 g/mol. The predicted molar refractivity (Wildman–Crippen MR) is 132 cm³/mol. The molecule has 1 aromatic heterocycles. The number of likely N-dealkylation sites (tertiary alicyclic amines) is 1. The molecule has 1 fully saturated rings. The quantitative estimate of drug-likeness (QED) is 0.484. The molecule has 2 N–H and O–H groups in total. The van der Waals surface area contributed by atoms with E-state index in [1.165, 1.54) is 24.3 Å². The Morgan fingerprint density at radius 2 is 1.86 bits per heavy atom. The zero-order valence-electron chi connectivity index (χ0n) is 20.2. The number of nitrogens with one attached hydrogen (secondary N) is 1. The largest absolute Gasteiger partial charge is 0.478 e. The number of ketones is 1. The summed E-state index contributed by atoms with van der Waals surface area (Å²) in [5.74, 6) is -1.57. The van der Waals surface area contributed by atoms with Gasteiger partial charge in [-0.3, -0.25) is 14.4 Å². The number of aromatic carboxylic acids is 1. The van der Waals surface area contributed by atoms with Gasteiger partial charge in [-0.25, -0.2) is 14.2 Å². The van der Waals surface area contributed by atoms with Crippen molar-refractivity contribution < 1.29 is 23.9 Å². The van der Waals surface area contributed by atoms with Crippen molar-refractivity contribution in [2.75, 3.05) is 13.1 Å². The number of fused-ring (bicyclic) bond motifs is 1. The first kappa shape index (κ1) is 25.2. The SMILES string of the molecule is Cc1cc(F)cc2c(=O)[nH]c(C[C@H](C)CC(=O)N3CCC(C(=O)c4cccc(C(=O)O)c4)CC3)nc12. The summed E-state index contributed by atoms with van der Waals surface area (Å²) in [7, 11) is 0. The van der Waals surface area contributed by atoms with Crippen molar-refractivity contribution >= 4 is 28.6 Å². The Hall–Kier alpha value is -3.88. The number of carbonyl (C=O) groups is 3. The average Bonchev–Trinajstić information content (AvgIpc) is 2.84. The Morgan fingerprint density at radius 3 is 2.56 bits per heavy atom. The van der Waals surface area contributed by atoms with Gasteiger partial charge in [0.2, 0.25) is 5.91 Å². The summed E-state index contributed by atoms with van der Waals surface area (Å²) in [6.07, 6.45) is 1.70. The molecule has 8 nitrogen and oxygen atoms in total. The molecule has 0 unspecified atom stereocenters. The van der Waals surface area contributed by atoms with Crippen LogP contribution in [0.3, 0.4) is 0 Å². The second-order valence-electron chi connectivity index (χ2n) is 9.55. The topological polar surface area (TPSA) is 120 Å². The van der Waals surface area contributed by atoms with Gasteiger partial charge < -0.3 is 15.0 Å². The van der Waals surface area contributed by atoms with Crippen molar-refractivity contribution in [1.82, 2.24) is 14.9 Å². The van der Waals surface area contributed by atoms with Crippen LogP contribution in [0.25, 0.3) is 10.9 Å². The summed E-state index contributed by atoms with van der Waals surface area (Å²) >= 11 is 0. The van der Waals surface area contributed by atoms with Crippen molar-refractivity contribution in [3.63, 3.8) is 0 Å². The highest BCUT2D eigenvalue weighted by atomic mass is 19.1. The highest BCUT2D eigenvalue weighted by Crippen LogP contribution is 2.24. The van der Waals surface area contributed by atoms with Gasteiger partial charge in [0.15, 0.2) is 5.78 Å². The van der Waals surface area contributed by atoms with Crippen LogP contribution in [0.1, 0.15) is 58.3 Å². The molecular weight excluding hydrogens is 465 g/mol. The number of carboxylic acid groups (broad SMARTS) is 1. The minimum Gasteiger partial charge on any atom is -0.478 e. The Morgan fingerprint density at radius 1 is 1.17 bits per heavy atom. The number of H-pyrrole nitrogens is 1. The van der Waals surface area contributed by atoms with E-state index in [2.05, 4.69) is 9.97 Å². The molecule has 1 aliphatic heterocycles. The number of benzene rings is 2. The van der Waals surface area contributed by atoms with E-state index < -0.39 is 17.3 Å². The maximum atomic E-state index is 13.6. The number of amides is 1. The highest BCUT2D eigenvalue weighted by Gasteiger charge is 2.29. The average molecular weight is 494 g/mol. The standard InChI is InChI=1S/C27H28FN3O5/c1-15(10-22-29-24-16(2)12-20(28)14-21(24)26(34)30-22)11-23(32)31-8-6-17(7-9-31)25(33)18-4-3-5-19(13-18)27(35)36/h3-5,12-15,17H,6-11H2,1-2H3,(H,35,36)(H,29,30,34)/t15-/m0/s1. The maximum Gasteiger partial charge on any atom is 0.335 e. The zero-order valence-corrected chi connectivity index (χ0v) is 20.2. The summed E-state index contributed by atoms with van der Waals surface area (Å²) < 4.78 is 13.6. The van der Waals surface area contributed by atoms with Crippen LogP contribution in [0.5, 0.6) is 0 Å². The van der Waals surface area contributed by atoms with Crippen LogP contribution in [-0.4, -0.2) is 50.7 Å². The summed E-state index contributed by atoms with van der Waals surface area (Å²) in [5.41, 5.74) is 1.08. The van der Waals surface area contributed by atoms with E-state index in [-0.39, 0.29) is 40.9 Å². The fraction of sp³-hybridized carbons (Fsp3) is 0.370. The summed E-state index contributed by atoms with van der Waals surface area (Å²) in [6, 6.07) is 8.54. The van der Waals surface area contributed by atoms with Gasteiger partial charge in [-0.15, -0.1) is 0 Å². The van der Waals surface area contributed by atoms with Gasteiger partial charge in [0.25, 0.3) is 5.56 Å². The molecule has 1 saturated heterocycles. The first-order valence-corrected chi connectivity index (χ1v) is 12.0. The van der Waals surface area contributed by atoms with Gasteiger partial charge in [0.05, 0.1) is 16.5 Å². The van der Waals surface area contributed by atoms with E-state index in [0.29, 0.717) is 54.8 Å². The zero-order chi connectivity index (χ0) is 26.0. The highest BCUT2D eigenvalue weighted by molar-refractivity contribution is 6.00. The Balaban J connectivity index is 1.34. The summed E-state index contributed by atoms with van der Waals surface area (Å²) in [5, 5.41) is 9.36. The minimum atomic E-state index is -1.08. The number of Topliss-reactive ketones (excluding diaryl/α,β-unsaturated/α-hetero) is 1. The van der Waals surface area contributed by atoms with Crippen molar-refractivity contribution in [3.8, 4) is 0 Å². The fourth-order valence-corrected chi connectivity index (χ4v) is 4.78. The van der Waals surface area contributed by atoms with E-state index in [0.717, 1.165) is 0 Å². The third-order valence-electron chi connectivity index (χ3n) is 6.69. The molecule has 0 spiro atoms. The number of rotatable bonds is 7. The normalized spacial score (nSPS) is 15.1. The molecule has 0 aliphatic carbocycles. The van der Waals surface area contributed by atoms with E-state index in [1.54, 1.807) is 24.0 Å². The van der Waals surface area contributed by atoms with Crippen molar-refractivity contribution in [2.45, 2.75) is 39.5 Å². The summed E-state index contributed by atoms with van der Waals surface area (Å²) in [6.45, 7) is 4.52. The molecule has 36 heavy (non-hydrogen) atoms. The molecular formula is C27H28FN3O5. The lowest BCUT2D eigenvalue weighted by molar-refractivity contribution is -0.133. The van der Waals surface area contributed by atoms with Crippen LogP contribution >= 0.6 is 0 Å². The molecule has 1 atom stereocenters. The lowest BCUT2D eigenvalue weighted by Gasteiger charge is -2.32. The second kappa shape index (κ2) is 10.4. The molecule has 0 radical (unpaired) electrons. The third-order valence-corrected chi connectivity index (χ3v) is 6.69. The predicted octanol–water partition coefficient (Wildman–Crippen LogP) is 3.76. The van der Waals surface area contributed by atoms with Crippen LogP contribution in [0, 0.1) is 24.6 Å². The van der Waals surface area contributed by atoms with Crippen LogP contribution in [0.15, 0.2) is 41.2 Å². The minimum absolute atomic E-state index is 0.0253. The number of hydrogen-bond acceptors (Lipinski definition) is 5. The number of halogens is 1. The Labute approximate surface area is 207 Å². The lowest BCUT2D eigenvalue weighted by atomic mass is 9.88. The molecule has 4 rings (SSSR count). The first-order chi connectivity index (χ1) is 17.1. The van der Waals surface area contributed by atoms with Crippen LogP contribution in [-0.2, 0) is 11.2 Å². The third kappa shape index (κ3) is 5.50. The Kier molecular flexibility index (Phi) is 7.28. The van der Waals surface area contributed by atoms with Crippen LogP contribution < -0.4 is 5.56 Å². The number of aromatic nitrogens is 2. The van der Waals surface area contributed by atoms with Crippen molar-refractivity contribution in [2.24, 2.45) is 11.8 Å². The second-order valence-corrected chi connectivity index (χ2v) is 9.55. The van der Waals surface area contributed by atoms with Crippen molar-refractivity contribution in [3.05, 3.63) is 75.1 Å². The van der Waals surface area contributed by atoms with Gasteiger partial charge in [0.1, 0.15) is 11.6 Å². The van der Waals surface area contributed by atoms with E-state index >= 15 is 0 Å². The molecule has 1 aliphatic rings. The molecule has 188 valence electrons. The molecule has 2 aromatic carbocycles. The Bertz CT molecular complexity index is 1390. The molecule has 2 heterocycles. The van der Waals surface area contributed by atoms with Gasteiger partial charge >= 0.3 is 5.97 Å². The lowest BCUT2D eigenvalue weighted by Crippen LogP contribution is -2.41.